The maximum Gasteiger partial charge on any atom is 0.288 e. The minimum atomic E-state index is -0.579. The molecule has 0 unspecified atom stereocenters. The van der Waals surface area contributed by atoms with Crippen LogP contribution in [0.15, 0.2) is 12.3 Å². The Morgan fingerprint density at radius 2 is 2.25 bits per heavy atom. The lowest BCUT2D eigenvalue weighted by atomic mass is 10.1. The molecular formula is C13H16ClN3O3. The summed E-state index contributed by atoms with van der Waals surface area (Å²) in [6.07, 6.45) is 3.00. The van der Waals surface area contributed by atoms with E-state index in [0.29, 0.717) is 12.5 Å². The number of aromatic nitrogens is 1. The average Bonchev–Trinajstić information content (AvgIpc) is 3.19. The van der Waals surface area contributed by atoms with Gasteiger partial charge >= 0.3 is 0 Å². The zero-order valence-electron chi connectivity index (χ0n) is 11.4. The summed E-state index contributed by atoms with van der Waals surface area (Å²) in [6, 6.07) is 1.42. The van der Waals surface area contributed by atoms with E-state index in [9.17, 15) is 14.9 Å². The van der Waals surface area contributed by atoms with Crippen molar-refractivity contribution in [2.45, 2.75) is 32.7 Å². The number of carbonyl (C=O) groups excluding carboxylic acids is 1. The van der Waals surface area contributed by atoms with Crippen molar-refractivity contribution in [1.29, 1.82) is 0 Å². The van der Waals surface area contributed by atoms with Crippen molar-refractivity contribution in [3.63, 3.8) is 0 Å². The number of pyridine rings is 1. The lowest BCUT2D eigenvalue weighted by Gasteiger charge is -2.24. The zero-order chi connectivity index (χ0) is 14.9. The van der Waals surface area contributed by atoms with Crippen LogP contribution < -0.4 is 0 Å². The van der Waals surface area contributed by atoms with E-state index < -0.39 is 4.92 Å². The highest BCUT2D eigenvalue weighted by molar-refractivity contribution is 6.32. The minimum absolute atomic E-state index is 0.00926. The molecule has 0 aromatic carbocycles. The molecule has 6 nitrogen and oxygen atoms in total. The van der Waals surface area contributed by atoms with Crippen LogP contribution in [0.1, 0.15) is 37.0 Å². The van der Waals surface area contributed by atoms with Gasteiger partial charge in [-0.25, -0.2) is 4.98 Å². The molecule has 1 fully saturated rings. The topological polar surface area (TPSA) is 76.3 Å². The fraction of sp³-hybridized carbons (Fsp3) is 0.538. The summed E-state index contributed by atoms with van der Waals surface area (Å²) < 4.78 is 0. The van der Waals surface area contributed by atoms with Gasteiger partial charge in [0.05, 0.1) is 10.5 Å². The summed E-state index contributed by atoms with van der Waals surface area (Å²) in [7, 11) is 0. The Hall–Kier alpha value is -1.69. The van der Waals surface area contributed by atoms with Crippen molar-refractivity contribution in [3.8, 4) is 0 Å². The smallest absolute Gasteiger partial charge is 0.288 e. The number of rotatable bonds is 5. The van der Waals surface area contributed by atoms with Crippen LogP contribution in [0.2, 0.25) is 5.15 Å². The highest BCUT2D eigenvalue weighted by Gasteiger charge is 2.34. The second-order valence-electron chi connectivity index (χ2n) is 5.37. The molecule has 20 heavy (non-hydrogen) atoms. The van der Waals surface area contributed by atoms with Gasteiger partial charge in [0.2, 0.25) is 0 Å². The lowest BCUT2D eigenvalue weighted by Crippen LogP contribution is -2.36. The second-order valence-corrected chi connectivity index (χ2v) is 5.73. The van der Waals surface area contributed by atoms with E-state index >= 15 is 0 Å². The Labute approximate surface area is 121 Å². The molecule has 0 spiro atoms. The van der Waals surface area contributed by atoms with Gasteiger partial charge in [0, 0.05) is 18.7 Å². The number of nitro groups is 1. The molecule has 1 amide bonds. The van der Waals surface area contributed by atoms with Gasteiger partial charge in [-0.15, -0.1) is 0 Å². The molecule has 0 atom stereocenters. The fourth-order valence-electron chi connectivity index (χ4n) is 2.02. The molecule has 0 radical (unpaired) electrons. The predicted octanol–water partition coefficient (Wildman–Crippen LogP) is 2.90. The van der Waals surface area contributed by atoms with Crippen LogP contribution in [0.3, 0.4) is 0 Å². The number of halogens is 1. The molecule has 0 saturated heterocycles. The highest BCUT2D eigenvalue weighted by atomic mass is 35.5. The predicted molar refractivity (Wildman–Crippen MR) is 74.8 cm³/mol. The molecule has 0 aliphatic heterocycles. The first-order valence-electron chi connectivity index (χ1n) is 6.51. The molecule has 1 saturated carbocycles. The van der Waals surface area contributed by atoms with Gasteiger partial charge in [0.1, 0.15) is 11.3 Å². The summed E-state index contributed by atoms with van der Waals surface area (Å²) >= 11 is 5.92. The highest BCUT2D eigenvalue weighted by Crippen LogP contribution is 2.30. The van der Waals surface area contributed by atoms with E-state index in [-0.39, 0.29) is 28.4 Å². The molecule has 7 heteroatoms. The maximum absolute atomic E-state index is 12.5. The molecule has 1 aromatic rings. The van der Waals surface area contributed by atoms with E-state index in [1.54, 1.807) is 4.90 Å². The molecule has 0 bridgehead atoms. The maximum atomic E-state index is 12.5. The largest absolute Gasteiger partial charge is 0.335 e. The van der Waals surface area contributed by atoms with E-state index in [4.69, 9.17) is 11.6 Å². The van der Waals surface area contributed by atoms with Crippen molar-refractivity contribution in [3.05, 3.63) is 33.1 Å². The van der Waals surface area contributed by atoms with E-state index in [1.165, 1.54) is 6.07 Å². The summed E-state index contributed by atoms with van der Waals surface area (Å²) in [5.41, 5.74) is -0.119. The quantitative estimate of drug-likeness (QED) is 0.476. The Bertz CT molecular complexity index is 544. The van der Waals surface area contributed by atoms with E-state index in [2.05, 4.69) is 4.98 Å². The fourth-order valence-corrected chi connectivity index (χ4v) is 2.20. The van der Waals surface area contributed by atoms with Crippen LogP contribution in [-0.4, -0.2) is 33.3 Å². The molecule has 108 valence electrons. The first-order valence-corrected chi connectivity index (χ1v) is 6.89. The number of hydrogen-bond acceptors (Lipinski definition) is 4. The lowest BCUT2D eigenvalue weighted by molar-refractivity contribution is -0.385. The van der Waals surface area contributed by atoms with Crippen LogP contribution in [0, 0.1) is 16.0 Å². The zero-order valence-corrected chi connectivity index (χ0v) is 12.1. The number of carbonyl (C=O) groups is 1. The van der Waals surface area contributed by atoms with Crippen molar-refractivity contribution >= 4 is 23.2 Å². The number of hydrogen-bond donors (Lipinski definition) is 0. The minimum Gasteiger partial charge on any atom is -0.335 e. The van der Waals surface area contributed by atoms with Gasteiger partial charge in [0.15, 0.2) is 0 Å². The van der Waals surface area contributed by atoms with Gasteiger partial charge < -0.3 is 4.90 Å². The second kappa shape index (κ2) is 5.75. The van der Waals surface area contributed by atoms with Gasteiger partial charge in [0.25, 0.3) is 11.6 Å². The molecule has 1 heterocycles. The third kappa shape index (κ3) is 3.25. The molecule has 0 N–H and O–H groups in total. The van der Waals surface area contributed by atoms with Crippen molar-refractivity contribution in [2.75, 3.05) is 6.54 Å². The van der Waals surface area contributed by atoms with Gasteiger partial charge in [-0.1, -0.05) is 25.4 Å². The molecule has 1 aliphatic carbocycles. The molecule has 2 rings (SSSR count). The third-order valence-corrected chi connectivity index (χ3v) is 3.38. The first-order chi connectivity index (χ1) is 9.40. The molecule has 1 aromatic heterocycles. The van der Waals surface area contributed by atoms with Crippen LogP contribution in [0.25, 0.3) is 0 Å². The van der Waals surface area contributed by atoms with Crippen molar-refractivity contribution < 1.29 is 9.72 Å². The summed E-state index contributed by atoms with van der Waals surface area (Å²) in [5, 5.41) is 10.8. The Balaban J connectivity index is 2.30. The molecule has 1 aliphatic rings. The number of amides is 1. The van der Waals surface area contributed by atoms with Gasteiger partial charge in [-0.2, -0.15) is 0 Å². The standard InChI is InChI=1S/C13H16ClN3O3/c1-8(2)7-16(9-3-4-9)13(18)11-5-10(17(19)20)6-15-12(11)14/h5-6,8-9H,3-4,7H2,1-2H3. The Kier molecular flexibility index (Phi) is 4.23. The Morgan fingerprint density at radius 3 is 2.75 bits per heavy atom. The molecular weight excluding hydrogens is 282 g/mol. The van der Waals surface area contributed by atoms with E-state index in [0.717, 1.165) is 19.0 Å². The van der Waals surface area contributed by atoms with Gasteiger partial charge in [-0.3, -0.25) is 14.9 Å². The van der Waals surface area contributed by atoms with Crippen LogP contribution in [0.4, 0.5) is 5.69 Å². The van der Waals surface area contributed by atoms with Gasteiger partial charge in [-0.05, 0) is 18.8 Å². The monoisotopic (exact) mass is 297 g/mol. The van der Waals surface area contributed by atoms with E-state index in [1.807, 2.05) is 13.8 Å². The van der Waals surface area contributed by atoms with Crippen molar-refractivity contribution in [1.82, 2.24) is 9.88 Å². The third-order valence-electron chi connectivity index (χ3n) is 3.08. The van der Waals surface area contributed by atoms with Crippen LogP contribution in [0.5, 0.6) is 0 Å². The number of nitrogens with zero attached hydrogens (tertiary/aromatic N) is 3. The Morgan fingerprint density at radius 1 is 1.60 bits per heavy atom. The van der Waals surface area contributed by atoms with Crippen molar-refractivity contribution in [2.24, 2.45) is 5.92 Å². The van der Waals surface area contributed by atoms with Crippen LogP contribution >= 0.6 is 11.6 Å². The SMILES string of the molecule is CC(C)CN(C(=O)c1cc([N+](=O)[O-])cnc1Cl)C1CC1. The summed E-state index contributed by atoms with van der Waals surface area (Å²) in [4.78, 5) is 28.2. The average molecular weight is 298 g/mol. The normalized spacial score (nSPS) is 14.4. The summed E-state index contributed by atoms with van der Waals surface area (Å²) in [6.45, 7) is 4.66. The first kappa shape index (κ1) is 14.7. The summed E-state index contributed by atoms with van der Waals surface area (Å²) in [5.74, 6) is 0.0485. The van der Waals surface area contributed by atoms with Crippen LogP contribution in [-0.2, 0) is 0 Å².